The van der Waals surface area contributed by atoms with Crippen molar-refractivity contribution in [2.45, 2.75) is 25.6 Å². The molecule has 1 aromatic rings. The maximum absolute atomic E-state index is 11.7. The third kappa shape index (κ3) is 3.63. The Morgan fingerprint density at radius 3 is 2.62 bits per heavy atom. The van der Waals surface area contributed by atoms with E-state index in [1.54, 1.807) is 0 Å². The highest BCUT2D eigenvalue weighted by Gasteiger charge is 2.26. The number of alkyl halides is 3. The van der Waals surface area contributed by atoms with Gasteiger partial charge in [0, 0.05) is 13.0 Å². The Balaban J connectivity index is 2.32. The second-order valence-electron chi connectivity index (χ2n) is 2.51. The predicted octanol–water partition coefficient (Wildman–Crippen LogP) is 2.27. The second kappa shape index (κ2) is 3.95. The summed E-state index contributed by atoms with van der Waals surface area (Å²) >= 11 is 5.50. The molecule has 1 rings (SSSR count). The molecule has 0 bridgehead atoms. The zero-order chi connectivity index (χ0) is 9.90. The fourth-order valence-corrected chi connectivity index (χ4v) is 1.01. The van der Waals surface area contributed by atoms with Crippen LogP contribution >= 0.6 is 11.6 Å². The fourth-order valence-electron chi connectivity index (χ4n) is 0.841. The minimum absolute atomic E-state index is 0.0126. The number of hydrogen-bond acceptors (Lipinski definition) is 2. The third-order valence-corrected chi connectivity index (χ3v) is 1.72. The molecule has 0 unspecified atom stereocenters. The summed E-state index contributed by atoms with van der Waals surface area (Å²) in [6.07, 6.45) is -3.64. The largest absolute Gasteiger partial charge is 0.389 e. The molecule has 0 radical (unpaired) electrons. The van der Waals surface area contributed by atoms with E-state index in [-0.39, 0.29) is 18.2 Å². The van der Waals surface area contributed by atoms with Crippen LogP contribution in [0.3, 0.4) is 0 Å². The van der Waals surface area contributed by atoms with Crippen LogP contribution in [0.1, 0.15) is 12.8 Å². The van der Waals surface area contributed by atoms with E-state index in [0.29, 0.717) is 0 Å². The molecule has 7 heteroatoms. The van der Waals surface area contributed by atoms with Crippen LogP contribution in [0.4, 0.5) is 13.2 Å². The molecule has 13 heavy (non-hydrogen) atoms. The highest BCUT2D eigenvalue weighted by molar-refractivity contribution is 6.28. The van der Waals surface area contributed by atoms with Crippen LogP contribution in [0.25, 0.3) is 0 Å². The summed E-state index contributed by atoms with van der Waals surface area (Å²) in [5, 5.41) is 6.98. The average Bonchev–Trinajstić information content (AvgIpc) is 2.34. The standard InChI is InChI=1S/C6H7ClF3N3/c7-5-12-11-4-13(5)3-1-2-6(8,9)10/h4H,1-3H2. The smallest absolute Gasteiger partial charge is 0.304 e. The lowest BCUT2D eigenvalue weighted by atomic mass is 10.3. The summed E-state index contributed by atoms with van der Waals surface area (Å²) < 4.78 is 36.5. The van der Waals surface area contributed by atoms with Gasteiger partial charge in [-0.1, -0.05) is 0 Å². The van der Waals surface area contributed by atoms with Crippen molar-refractivity contribution < 1.29 is 13.2 Å². The van der Waals surface area contributed by atoms with Gasteiger partial charge in [-0.3, -0.25) is 0 Å². The molecule has 1 heterocycles. The van der Waals surface area contributed by atoms with Crippen molar-refractivity contribution in [3.63, 3.8) is 0 Å². The fraction of sp³-hybridized carbons (Fsp3) is 0.667. The first-order valence-corrected chi connectivity index (χ1v) is 3.97. The second-order valence-corrected chi connectivity index (χ2v) is 2.85. The zero-order valence-electron chi connectivity index (χ0n) is 6.55. The highest BCUT2D eigenvalue weighted by atomic mass is 35.5. The van der Waals surface area contributed by atoms with Crippen LogP contribution in [0, 0.1) is 0 Å². The van der Waals surface area contributed by atoms with E-state index in [2.05, 4.69) is 10.2 Å². The van der Waals surface area contributed by atoms with Gasteiger partial charge in [0.15, 0.2) is 0 Å². The molecule has 0 atom stereocenters. The molecule has 0 aromatic carbocycles. The van der Waals surface area contributed by atoms with E-state index in [1.165, 1.54) is 10.9 Å². The Kier molecular flexibility index (Phi) is 3.13. The van der Waals surface area contributed by atoms with Crippen molar-refractivity contribution in [1.82, 2.24) is 14.8 Å². The van der Waals surface area contributed by atoms with E-state index >= 15 is 0 Å². The summed E-state index contributed by atoms with van der Waals surface area (Å²) in [6, 6.07) is 0. The van der Waals surface area contributed by atoms with Crippen molar-refractivity contribution in [2.75, 3.05) is 0 Å². The lowest BCUT2D eigenvalue weighted by Crippen LogP contribution is -2.09. The number of aromatic nitrogens is 3. The van der Waals surface area contributed by atoms with E-state index in [1.807, 2.05) is 0 Å². The number of rotatable bonds is 3. The maximum atomic E-state index is 11.7. The minimum Gasteiger partial charge on any atom is -0.304 e. The monoisotopic (exact) mass is 213 g/mol. The van der Waals surface area contributed by atoms with Crippen LogP contribution in [0.2, 0.25) is 5.28 Å². The van der Waals surface area contributed by atoms with E-state index in [0.717, 1.165) is 0 Å². The molecule has 74 valence electrons. The van der Waals surface area contributed by atoms with Gasteiger partial charge in [-0.2, -0.15) is 13.2 Å². The Hall–Kier alpha value is -0.780. The molecule has 0 saturated heterocycles. The molecule has 1 aromatic heterocycles. The van der Waals surface area contributed by atoms with Gasteiger partial charge >= 0.3 is 6.18 Å². The van der Waals surface area contributed by atoms with Crippen molar-refractivity contribution in [3.8, 4) is 0 Å². The Bertz CT molecular complexity index is 270. The number of halogens is 4. The lowest BCUT2D eigenvalue weighted by molar-refractivity contribution is -0.135. The van der Waals surface area contributed by atoms with Crippen molar-refractivity contribution >= 4 is 11.6 Å². The quantitative estimate of drug-likeness (QED) is 0.771. The van der Waals surface area contributed by atoms with Crippen LogP contribution in [0.15, 0.2) is 6.33 Å². The average molecular weight is 214 g/mol. The molecule has 0 aliphatic carbocycles. The van der Waals surface area contributed by atoms with Crippen molar-refractivity contribution in [3.05, 3.63) is 11.6 Å². The Morgan fingerprint density at radius 2 is 2.15 bits per heavy atom. The summed E-state index contributed by atoms with van der Waals surface area (Å²) in [6.45, 7) is 0.186. The lowest BCUT2D eigenvalue weighted by Gasteiger charge is -2.05. The topological polar surface area (TPSA) is 30.7 Å². The van der Waals surface area contributed by atoms with Crippen LogP contribution in [-0.4, -0.2) is 20.9 Å². The van der Waals surface area contributed by atoms with Gasteiger partial charge in [-0.05, 0) is 18.0 Å². The summed E-state index contributed by atoms with van der Waals surface area (Å²) in [5.74, 6) is 0. The molecule has 0 spiro atoms. The molecule has 0 aliphatic rings. The van der Waals surface area contributed by atoms with Crippen LogP contribution in [-0.2, 0) is 6.54 Å². The van der Waals surface area contributed by atoms with Gasteiger partial charge in [-0.15, -0.1) is 10.2 Å². The Labute approximate surface area is 77.5 Å². The SMILES string of the molecule is FC(F)(F)CCCn1cnnc1Cl. The summed E-state index contributed by atoms with van der Waals surface area (Å²) in [7, 11) is 0. The zero-order valence-corrected chi connectivity index (χ0v) is 7.31. The van der Waals surface area contributed by atoms with E-state index in [4.69, 9.17) is 11.6 Å². The highest BCUT2D eigenvalue weighted by Crippen LogP contribution is 2.21. The molecule has 0 fully saturated rings. The van der Waals surface area contributed by atoms with Crippen LogP contribution < -0.4 is 0 Å². The first kappa shape index (κ1) is 10.3. The number of hydrogen-bond donors (Lipinski definition) is 0. The van der Waals surface area contributed by atoms with E-state index in [9.17, 15) is 13.2 Å². The number of aryl methyl sites for hydroxylation is 1. The minimum atomic E-state index is -4.11. The van der Waals surface area contributed by atoms with Gasteiger partial charge in [0.25, 0.3) is 0 Å². The van der Waals surface area contributed by atoms with Gasteiger partial charge < -0.3 is 4.57 Å². The van der Waals surface area contributed by atoms with Gasteiger partial charge in [0.05, 0.1) is 0 Å². The molecule has 3 nitrogen and oxygen atoms in total. The first-order valence-electron chi connectivity index (χ1n) is 3.59. The van der Waals surface area contributed by atoms with Crippen molar-refractivity contribution in [2.24, 2.45) is 0 Å². The molecule has 0 aliphatic heterocycles. The molecule has 0 amide bonds. The molecular formula is C6H7ClF3N3. The maximum Gasteiger partial charge on any atom is 0.389 e. The van der Waals surface area contributed by atoms with Crippen molar-refractivity contribution in [1.29, 1.82) is 0 Å². The van der Waals surface area contributed by atoms with E-state index < -0.39 is 12.6 Å². The molecule has 0 N–H and O–H groups in total. The molecule has 0 saturated carbocycles. The van der Waals surface area contributed by atoms with Gasteiger partial charge in [0.2, 0.25) is 5.28 Å². The number of nitrogens with zero attached hydrogens (tertiary/aromatic N) is 3. The first-order chi connectivity index (χ1) is 5.99. The predicted molar refractivity (Wildman–Crippen MR) is 40.3 cm³/mol. The third-order valence-electron chi connectivity index (χ3n) is 1.43. The van der Waals surface area contributed by atoms with Crippen LogP contribution in [0.5, 0.6) is 0 Å². The molecular weight excluding hydrogens is 207 g/mol. The normalized spacial score (nSPS) is 12.0. The Morgan fingerprint density at radius 1 is 1.46 bits per heavy atom. The summed E-state index contributed by atoms with van der Waals surface area (Å²) in [5.41, 5.74) is 0. The van der Waals surface area contributed by atoms with Gasteiger partial charge in [0.1, 0.15) is 6.33 Å². The summed E-state index contributed by atoms with van der Waals surface area (Å²) in [4.78, 5) is 0. The van der Waals surface area contributed by atoms with Gasteiger partial charge in [-0.25, -0.2) is 0 Å².